The molecule has 0 aliphatic rings. The van der Waals surface area contributed by atoms with E-state index in [-0.39, 0.29) is 18.1 Å². The lowest BCUT2D eigenvalue weighted by Gasteiger charge is -2.18. The van der Waals surface area contributed by atoms with Crippen molar-refractivity contribution < 1.29 is 19.2 Å². The van der Waals surface area contributed by atoms with Crippen LogP contribution in [0.2, 0.25) is 0 Å². The van der Waals surface area contributed by atoms with Crippen LogP contribution < -0.4 is 9.47 Å². The summed E-state index contributed by atoms with van der Waals surface area (Å²) < 4.78 is 11.8. The van der Waals surface area contributed by atoms with Crippen molar-refractivity contribution in [2.24, 2.45) is 0 Å². The molecule has 0 aliphatic heterocycles. The van der Waals surface area contributed by atoms with Crippen molar-refractivity contribution in [2.45, 2.75) is 26.9 Å². The zero-order valence-corrected chi connectivity index (χ0v) is 15.5. The number of methoxy groups -OCH3 is 2. The number of carbonyl (C=O) groups excluding carboxylic acids is 1. The summed E-state index contributed by atoms with van der Waals surface area (Å²) in [6, 6.07) is 5.42. The molecule has 0 radical (unpaired) electrons. The number of nitro groups is 1. The van der Waals surface area contributed by atoms with Crippen LogP contribution in [-0.4, -0.2) is 46.8 Å². The van der Waals surface area contributed by atoms with Gasteiger partial charge in [-0.25, -0.2) is 0 Å². The number of rotatable bonds is 7. The number of hydrogen-bond donors (Lipinski definition) is 0. The molecule has 1 amide bonds. The monoisotopic (exact) mass is 362 g/mol. The molecule has 0 atom stereocenters. The molecule has 0 spiro atoms. The molecular formula is C17H22N4O5. The van der Waals surface area contributed by atoms with Crippen LogP contribution in [0.1, 0.15) is 17.0 Å². The number of nitrogens with zero attached hydrogens (tertiary/aromatic N) is 4. The van der Waals surface area contributed by atoms with Crippen molar-refractivity contribution in [1.82, 2.24) is 14.7 Å². The fourth-order valence-corrected chi connectivity index (χ4v) is 2.70. The first kappa shape index (κ1) is 19.2. The van der Waals surface area contributed by atoms with Crippen LogP contribution in [0.25, 0.3) is 0 Å². The topological polar surface area (TPSA) is 99.7 Å². The Bertz CT molecular complexity index is 831. The second kappa shape index (κ2) is 7.85. The van der Waals surface area contributed by atoms with Crippen LogP contribution in [0.15, 0.2) is 18.2 Å². The molecule has 9 heteroatoms. The first-order valence-electron chi connectivity index (χ1n) is 7.91. The summed E-state index contributed by atoms with van der Waals surface area (Å²) in [5.41, 5.74) is 1.47. The maximum absolute atomic E-state index is 12.5. The highest BCUT2D eigenvalue weighted by Gasteiger charge is 2.23. The third-order valence-corrected chi connectivity index (χ3v) is 4.10. The zero-order valence-electron chi connectivity index (χ0n) is 15.5. The number of aromatic nitrogens is 2. The fourth-order valence-electron chi connectivity index (χ4n) is 2.70. The van der Waals surface area contributed by atoms with Crippen LogP contribution in [0.5, 0.6) is 11.5 Å². The predicted octanol–water partition coefficient (Wildman–Crippen LogP) is 2.08. The molecule has 140 valence electrons. The number of likely N-dealkylation sites (N-methyl/N-ethyl adjacent to an activating group) is 1. The van der Waals surface area contributed by atoms with E-state index >= 15 is 0 Å². The minimum Gasteiger partial charge on any atom is -0.493 e. The van der Waals surface area contributed by atoms with E-state index in [9.17, 15) is 14.9 Å². The molecule has 26 heavy (non-hydrogen) atoms. The molecule has 0 saturated heterocycles. The summed E-state index contributed by atoms with van der Waals surface area (Å²) in [5, 5.41) is 15.2. The van der Waals surface area contributed by atoms with E-state index in [1.807, 2.05) is 6.07 Å². The Kier molecular flexibility index (Phi) is 5.81. The van der Waals surface area contributed by atoms with Gasteiger partial charge in [0, 0.05) is 13.6 Å². The first-order valence-corrected chi connectivity index (χ1v) is 7.91. The third-order valence-electron chi connectivity index (χ3n) is 4.10. The highest BCUT2D eigenvalue weighted by molar-refractivity contribution is 5.75. The van der Waals surface area contributed by atoms with E-state index in [2.05, 4.69) is 5.10 Å². The maximum atomic E-state index is 12.5. The fraction of sp³-hybridized carbons (Fsp3) is 0.412. The number of ether oxygens (including phenoxy) is 2. The molecule has 9 nitrogen and oxygen atoms in total. The second-order valence-electron chi connectivity index (χ2n) is 5.87. The molecule has 0 saturated carbocycles. The molecule has 0 fully saturated rings. The lowest BCUT2D eigenvalue weighted by molar-refractivity contribution is -0.386. The van der Waals surface area contributed by atoms with Gasteiger partial charge in [0.25, 0.3) is 0 Å². The second-order valence-corrected chi connectivity index (χ2v) is 5.87. The summed E-state index contributed by atoms with van der Waals surface area (Å²) in [5.74, 6) is 0.987. The number of benzene rings is 1. The Morgan fingerprint density at radius 1 is 1.27 bits per heavy atom. The Morgan fingerprint density at radius 2 is 1.92 bits per heavy atom. The molecule has 1 aromatic carbocycles. The van der Waals surface area contributed by atoms with E-state index in [1.165, 1.54) is 9.58 Å². The highest BCUT2D eigenvalue weighted by Crippen LogP contribution is 2.28. The van der Waals surface area contributed by atoms with Crippen molar-refractivity contribution >= 4 is 11.6 Å². The number of aryl methyl sites for hydroxylation is 1. The average molecular weight is 362 g/mol. The van der Waals surface area contributed by atoms with Gasteiger partial charge in [0.1, 0.15) is 17.9 Å². The Hall–Kier alpha value is -3.10. The van der Waals surface area contributed by atoms with Crippen molar-refractivity contribution in [3.8, 4) is 11.5 Å². The quantitative estimate of drug-likeness (QED) is 0.552. The Labute approximate surface area is 151 Å². The summed E-state index contributed by atoms with van der Waals surface area (Å²) in [6.07, 6.45) is 0. The van der Waals surface area contributed by atoms with Crippen LogP contribution in [0.4, 0.5) is 5.69 Å². The van der Waals surface area contributed by atoms with Gasteiger partial charge in [-0.15, -0.1) is 0 Å². The summed E-state index contributed by atoms with van der Waals surface area (Å²) in [4.78, 5) is 24.6. The van der Waals surface area contributed by atoms with E-state index in [4.69, 9.17) is 9.47 Å². The summed E-state index contributed by atoms with van der Waals surface area (Å²) >= 11 is 0. The molecule has 2 rings (SSSR count). The zero-order chi connectivity index (χ0) is 19.4. The maximum Gasteiger partial charge on any atom is 0.312 e. The molecule has 2 aromatic rings. The van der Waals surface area contributed by atoms with Gasteiger partial charge in [0.05, 0.1) is 19.1 Å². The SMILES string of the molecule is COc1ccc(CN(C)C(=O)Cn2nc(C)c([N+](=O)[O-])c2C)cc1OC. The van der Waals surface area contributed by atoms with Crippen LogP contribution in [0.3, 0.4) is 0 Å². The van der Waals surface area contributed by atoms with E-state index < -0.39 is 4.92 Å². The van der Waals surface area contributed by atoms with Crippen molar-refractivity contribution in [2.75, 3.05) is 21.3 Å². The van der Waals surface area contributed by atoms with E-state index in [0.717, 1.165) is 5.56 Å². The standard InChI is InChI=1S/C17H22N4O5/c1-11-17(21(23)24)12(2)20(18-11)10-16(22)19(3)9-13-6-7-14(25-4)15(8-13)26-5/h6-8H,9-10H2,1-5H3. The molecule has 1 heterocycles. The number of carbonyl (C=O) groups is 1. The summed E-state index contributed by atoms with van der Waals surface area (Å²) in [7, 11) is 4.77. The van der Waals surface area contributed by atoms with Gasteiger partial charge in [-0.05, 0) is 31.5 Å². The molecule has 0 unspecified atom stereocenters. The van der Waals surface area contributed by atoms with E-state index in [0.29, 0.717) is 29.4 Å². The van der Waals surface area contributed by atoms with Crippen LogP contribution >= 0.6 is 0 Å². The van der Waals surface area contributed by atoms with Gasteiger partial charge in [0.15, 0.2) is 11.5 Å². The largest absolute Gasteiger partial charge is 0.493 e. The van der Waals surface area contributed by atoms with Gasteiger partial charge in [0.2, 0.25) is 5.91 Å². The van der Waals surface area contributed by atoms with Gasteiger partial charge in [-0.3, -0.25) is 19.6 Å². The summed E-state index contributed by atoms with van der Waals surface area (Å²) in [6.45, 7) is 3.43. The van der Waals surface area contributed by atoms with Crippen molar-refractivity contribution in [3.63, 3.8) is 0 Å². The van der Waals surface area contributed by atoms with Crippen molar-refractivity contribution in [3.05, 3.63) is 45.3 Å². The number of amides is 1. The molecule has 0 aliphatic carbocycles. The Balaban J connectivity index is 2.11. The van der Waals surface area contributed by atoms with Crippen molar-refractivity contribution in [1.29, 1.82) is 0 Å². The average Bonchev–Trinajstić information content (AvgIpc) is 2.88. The molecular weight excluding hydrogens is 340 g/mol. The third kappa shape index (κ3) is 3.93. The van der Waals surface area contributed by atoms with Gasteiger partial charge in [-0.1, -0.05) is 6.07 Å². The highest BCUT2D eigenvalue weighted by atomic mass is 16.6. The number of hydrogen-bond acceptors (Lipinski definition) is 6. The smallest absolute Gasteiger partial charge is 0.312 e. The molecule has 0 N–H and O–H groups in total. The minimum atomic E-state index is -0.480. The molecule has 0 bridgehead atoms. The first-order chi connectivity index (χ1) is 12.3. The van der Waals surface area contributed by atoms with E-state index in [1.54, 1.807) is 47.2 Å². The Morgan fingerprint density at radius 3 is 2.46 bits per heavy atom. The lowest BCUT2D eigenvalue weighted by Crippen LogP contribution is -2.30. The van der Waals surface area contributed by atoms with Gasteiger partial charge < -0.3 is 14.4 Å². The van der Waals surface area contributed by atoms with Crippen LogP contribution in [0, 0.1) is 24.0 Å². The van der Waals surface area contributed by atoms with Gasteiger partial charge >= 0.3 is 5.69 Å². The molecule has 1 aromatic heterocycles. The van der Waals surface area contributed by atoms with Crippen LogP contribution in [-0.2, 0) is 17.9 Å². The lowest BCUT2D eigenvalue weighted by atomic mass is 10.2. The van der Waals surface area contributed by atoms with Gasteiger partial charge in [-0.2, -0.15) is 5.10 Å². The minimum absolute atomic E-state index is 0.0552. The predicted molar refractivity (Wildman–Crippen MR) is 94.4 cm³/mol. The normalized spacial score (nSPS) is 10.5.